The molecule has 0 aliphatic rings. The second kappa shape index (κ2) is 6.00. The molecular weight excluding hydrogens is 296 g/mol. The first-order valence-electron chi connectivity index (χ1n) is 7.07. The van der Waals surface area contributed by atoms with E-state index in [0.717, 1.165) is 28.0 Å². The molecule has 0 saturated heterocycles. The first-order chi connectivity index (χ1) is 11.1. The third-order valence-corrected chi connectivity index (χ3v) is 3.50. The van der Waals surface area contributed by atoms with Gasteiger partial charge in [0.2, 0.25) is 0 Å². The molecule has 0 unspecified atom stereocenters. The van der Waals surface area contributed by atoms with Crippen LogP contribution in [0, 0.1) is 6.92 Å². The summed E-state index contributed by atoms with van der Waals surface area (Å²) in [5.41, 5.74) is 3.82. The van der Waals surface area contributed by atoms with Crippen LogP contribution in [0.1, 0.15) is 5.56 Å². The fourth-order valence-electron chi connectivity index (χ4n) is 2.39. The first-order valence-corrected chi connectivity index (χ1v) is 7.07. The summed E-state index contributed by atoms with van der Waals surface area (Å²) in [5, 5.41) is 8.70. The lowest BCUT2D eigenvalue weighted by Gasteiger charge is -2.10. The van der Waals surface area contributed by atoms with Gasteiger partial charge in [-0.15, -0.1) is 0 Å². The summed E-state index contributed by atoms with van der Waals surface area (Å²) in [6, 6.07) is 11.2. The molecule has 1 aromatic heterocycles. The monoisotopic (exact) mass is 312 g/mol. The predicted octanol–water partition coefficient (Wildman–Crippen LogP) is 3.01. The van der Waals surface area contributed by atoms with Crippen LogP contribution in [0.5, 0.6) is 11.5 Å². The molecule has 0 aliphatic heterocycles. The number of imidazole rings is 1. The number of fused-ring (bicyclic) bond motifs is 1. The molecule has 3 aromatic rings. The van der Waals surface area contributed by atoms with E-state index in [9.17, 15) is 4.79 Å². The predicted molar refractivity (Wildman–Crippen MR) is 85.9 cm³/mol. The smallest absolute Gasteiger partial charge is 0.341 e. The minimum Gasteiger partial charge on any atom is -0.493 e. The molecule has 0 radical (unpaired) electrons. The van der Waals surface area contributed by atoms with Gasteiger partial charge in [0, 0.05) is 5.56 Å². The van der Waals surface area contributed by atoms with Crippen molar-refractivity contribution in [1.29, 1.82) is 0 Å². The van der Waals surface area contributed by atoms with Gasteiger partial charge in [-0.1, -0.05) is 12.1 Å². The molecule has 0 spiro atoms. The number of para-hydroxylation sites is 1. The highest BCUT2D eigenvalue weighted by molar-refractivity contribution is 5.82. The molecule has 118 valence electrons. The number of aromatic nitrogens is 2. The number of nitrogens with zero attached hydrogens (tertiary/aromatic N) is 1. The second-order valence-electron chi connectivity index (χ2n) is 5.10. The third kappa shape index (κ3) is 2.96. The van der Waals surface area contributed by atoms with Crippen LogP contribution in [0.3, 0.4) is 0 Å². The Hall–Kier alpha value is -3.02. The van der Waals surface area contributed by atoms with Crippen LogP contribution in [0.4, 0.5) is 0 Å². The second-order valence-corrected chi connectivity index (χ2v) is 5.10. The van der Waals surface area contributed by atoms with E-state index in [2.05, 4.69) is 9.97 Å². The number of rotatable bonds is 5. The van der Waals surface area contributed by atoms with Gasteiger partial charge in [-0.05, 0) is 36.8 Å². The Labute approximate surface area is 132 Å². The van der Waals surface area contributed by atoms with E-state index in [4.69, 9.17) is 14.6 Å². The highest BCUT2D eigenvalue weighted by atomic mass is 16.5. The number of hydrogen-bond acceptors (Lipinski definition) is 4. The number of aryl methyl sites for hydroxylation is 1. The summed E-state index contributed by atoms with van der Waals surface area (Å²) >= 11 is 0. The van der Waals surface area contributed by atoms with Crippen LogP contribution in [-0.2, 0) is 4.79 Å². The van der Waals surface area contributed by atoms with E-state index in [1.54, 1.807) is 12.1 Å². The zero-order valence-corrected chi connectivity index (χ0v) is 12.8. The summed E-state index contributed by atoms with van der Waals surface area (Å²) < 4.78 is 10.5. The van der Waals surface area contributed by atoms with E-state index >= 15 is 0 Å². The van der Waals surface area contributed by atoms with Crippen molar-refractivity contribution in [2.75, 3.05) is 13.7 Å². The Morgan fingerprint density at radius 1 is 1.26 bits per heavy atom. The number of nitrogens with one attached hydrogen (secondary N) is 1. The fraction of sp³-hybridized carbons (Fsp3) is 0.176. The quantitative estimate of drug-likeness (QED) is 0.756. The van der Waals surface area contributed by atoms with Crippen LogP contribution in [0.25, 0.3) is 22.4 Å². The molecule has 0 aliphatic carbocycles. The molecule has 0 atom stereocenters. The Morgan fingerprint density at radius 3 is 2.78 bits per heavy atom. The number of aliphatic carboxylic acids is 1. The maximum absolute atomic E-state index is 10.6. The highest BCUT2D eigenvalue weighted by Gasteiger charge is 2.12. The van der Waals surface area contributed by atoms with E-state index < -0.39 is 12.6 Å². The van der Waals surface area contributed by atoms with Crippen LogP contribution in [-0.4, -0.2) is 34.8 Å². The number of methoxy groups -OCH3 is 1. The zero-order valence-electron chi connectivity index (χ0n) is 12.8. The lowest BCUT2D eigenvalue weighted by molar-refractivity contribution is -0.139. The molecule has 0 bridgehead atoms. The summed E-state index contributed by atoms with van der Waals surface area (Å²) in [7, 11) is 1.51. The number of ether oxygens (including phenoxy) is 2. The van der Waals surface area contributed by atoms with Gasteiger partial charge in [0.05, 0.1) is 18.1 Å². The van der Waals surface area contributed by atoms with E-state index in [0.29, 0.717) is 11.5 Å². The average molecular weight is 312 g/mol. The largest absolute Gasteiger partial charge is 0.493 e. The fourth-order valence-corrected chi connectivity index (χ4v) is 2.39. The van der Waals surface area contributed by atoms with Gasteiger partial charge >= 0.3 is 5.97 Å². The summed E-state index contributed by atoms with van der Waals surface area (Å²) in [4.78, 5) is 18.5. The average Bonchev–Trinajstić information content (AvgIpc) is 2.98. The normalized spacial score (nSPS) is 10.7. The van der Waals surface area contributed by atoms with Gasteiger partial charge < -0.3 is 19.6 Å². The molecule has 0 amide bonds. The van der Waals surface area contributed by atoms with Crippen molar-refractivity contribution in [1.82, 2.24) is 9.97 Å². The molecule has 2 N–H and O–H groups in total. The zero-order chi connectivity index (χ0) is 16.4. The number of carbonyl (C=O) groups is 1. The first kappa shape index (κ1) is 14.9. The van der Waals surface area contributed by atoms with Gasteiger partial charge in [-0.25, -0.2) is 9.78 Å². The minimum absolute atomic E-state index is 0.381. The van der Waals surface area contributed by atoms with Crippen molar-refractivity contribution >= 4 is 17.0 Å². The van der Waals surface area contributed by atoms with E-state index in [-0.39, 0.29) is 0 Å². The van der Waals surface area contributed by atoms with Gasteiger partial charge in [-0.3, -0.25) is 0 Å². The highest BCUT2D eigenvalue weighted by Crippen LogP contribution is 2.32. The van der Waals surface area contributed by atoms with Crippen molar-refractivity contribution in [2.45, 2.75) is 6.92 Å². The lowest BCUT2D eigenvalue weighted by Crippen LogP contribution is -2.10. The van der Waals surface area contributed by atoms with Crippen molar-refractivity contribution < 1.29 is 19.4 Å². The third-order valence-electron chi connectivity index (χ3n) is 3.50. The standard InChI is InChI=1S/C17H16N2O4/c1-10-4-3-5-12-16(10)19-17(18-12)11-6-7-13(14(8-11)22-2)23-9-15(20)21/h3-8H,9H2,1-2H3,(H,18,19)(H,20,21). The van der Waals surface area contributed by atoms with Crippen LogP contribution in [0.15, 0.2) is 36.4 Å². The summed E-state index contributed by atoms with van der Waals surface area (Å²) in [6.45, 7) is 1.59. The molecular formula is C17H16N2O4. The van der Waals surface area contributed by atoms with Gasteiger partial charge in [-0.2, -0.15) is 0 Å². The van der Waals surface area contributed by atoms with Crippen molar-refractivity contribution in [3.05, 3.63) is 42.0 Å². The minimum atomic E-state index is -1.04. The maximum atomic E-state index is 10.6. The van der Waals surface area contributed by atoms with Crippen molar-refractivity contribution in [2.24, 2.45) is 0 Å². The van der Waals surface area contributed by atoms with Crippen molar-refractivity contribution in [3.63, 3.8) is 0 Å². The van der Waals surface area contributed by atoms with Crippen LogP contribution >= 0.6 is 0 Å². The number of carboxylic acid groups (broad SMARTS) is 1. The molecule has 6 nitrogen and oxygen atoms in total. The summed E-state index contributed by atoms with van der Waals surface area (Å²) in [6.07, 6.45) is 0. The molecule has 6 heteroatoms. The SMILES string of the molecule is COc1cc(-c2nc3c(C)cccc3[nH]2)ccc1OCC(=O)O. The van der Waals surface area contributed by atoms with Crippen molar-refractivity contribution in [3.8, 4) is 22.9 Å². The molecule has 3 rings (SSSR count). The molecule has 1 heterocycles. The van der Waals surface area contributed by atoms with Crippen LogP contribution in [0.2, 0.25) is 0 Å². The summed E-state index contributed by atoms with van der Waals surface area (Å²) in [5.74, 6) is 0.521. The number of carboxylic acids is 1. The molecule has 0 fully saturated rings. The van der Waals surface area contributed by atoms with Gasteiger partial charge in [0.1, 0.15) is 5.82 Å². The van der Waals surface area contributed by atoms with Crippen LogP contribution < -0.4 is 9.47 Å². The number of H-pyrrole nitrogens is 1. The topological polar surface area (TPSA) is 84.4 Å². The maximum Gasteiger partial charge on any atom is 0.341 e. The molecule has 0 saturated carbocycles. The molecule has 2 aromatic carbocycles. The Kier molecular flexibility index (Phi) is 3.89. The number of benzene rings is 2. The van der Waals surface area contributed by atoms with E-state index in [1.165, 1.54) is 7.11 Å². The lowest BCUT2D eigenvalue weighted by atomic mass is 10.2. The number of hydrogen-bond donors (Lipinski definition) is 2. The molecule has 23 heavy (non-hydrogen) atoms. The Morgan fingerprint density at radius 2 is 2.09 bits per heavy atom. The Balaban J connectivity index is 1.98. The van der Waals surface area contributed by atoms with Gasteiger partial charge in [0.25, 0.3) is 0 Å². The Bertz CT molecular complexity index is 870. The van der Waals surface area contributed by atoms with Gasteiger partial charge in [0.15, 0.2) is 18.1 Å². The van der Waals surface area contributed by atoms with E-state index in [1.807, 2.05) is 31.2 Å². The number of aromatic amines is 1.